The molecule has 1 amide bonds. The van der Waals surface area contributed by atoms with Crippen LogP contribution >= 0.6 is 0 Å². The number of nitrogens with zero attached hydrogens (tertiary/aromatic N) is 1. The number of hydrogen-bond acceptors (Lipinski definition) is 5. The van der Waals surface area contributed by atoms with Crippen molar-refractivity contribution in [3.8, 4) is 0 Å². The van der Waals surface area contributed by atoms with Crippen LogP contribution < -0.4 is 0 Å². The first kappa shape index (κ1) is 17.3. The molecule has 1 saturated heterocycles. The van der Waals surface area contributed by atoms with Crippen LogP contribution in [0, 0.1) is 11.8 Å². The fraction of sp³-hybridized carbons (Fsp3) is 0.529. The monoisotopic (exact) mass is 321 g/mol. The Morgan fingerprint density at radius 3 is 2.52 bits per heavy atom. The largest absolute Gasteiger partial charge is 0.466 e. The Morgan fingerprint density at radius 2 is 1.87 bits per heavy atom. The lowest BCUT2D eigenvalue weighted by molar-refractivity contribution is -0.143. The van der Waals surface area contributed by atoms with Crippen LogP contribution in [0.4, 0.5) is 4.79 Å². The van der Waals surface area contributed by atoms with Crippen molar-refractivity contribution in [3.05, 3.63) is 35.9 Å². The molecule has 0 aliphatic carbocycles. The van der Waals surface area contributed by atoms with Gasteiger partial charge in [-0.2, -0.15) is 0 Å². The van der Waals surface area contributed by atoms with Crippen LogP contribution in [-0.2, 0) is 20.9 Å². The molecular weight excluding hydrogens is 298 g/mol. The maximum absolute atomic E-state index is 12.2. The van der Waals surface area contributed by atoms with Crippen LogP contribution in [0.25, 0.3) is 0 Å². The average Bonchev–Trinajstić information content (AvgIpc) is 2.58. The molecule has 0 saturated carbocycles. The third-order valence-corrected chi connectivity index (χ3v) is 3.87. The number of hydrogen-bond donors (Lipinski definition) is 1. The number of benzene rings is 1. The van der Waals surface area contributed by atoms with E-state index in [9.17, 15) is 14.7 Å². The quantitative estimate of drug-likeness (QED) is 0.837. The number of aliphatic hydroxyl groups excluding tert-OH is 1. The summed E-state index contributed by atoms with van der Waals surface area (Å²) in [7, 11) is 0. The maximum atomic E-state index is 12.2. The van der Waals surface area contributed by atoms with E-state index in [-0.39, 0.29) is 37.6 Å². The Hall–Kier alpha value is -2.08. The number of piperidine rings is 1. The lowest BCUT2D eigenvalue weighted by atomic mass is 9.90. The van der Waals surface area contributed by atoms with Gasteiger partial charge in [-0.15, -0.1) is 0 Å². The van der Waals surface area contributed by atoms with Gasteiger partial charge in [-0.3, -0.25) is 4.79 Å². The molecule has 0 radical (unpaired) electrons. The van der Waals surface area contributed by atoms with Crippen LogP contribution in [0.1, 0.15) is 18.9 Å². The molecule has 1 heterocycles. The maximum Gasteiger partial charge on any atom is 0.410 e. The summed E-state index contributed by atoms with van der Waals surface area (Å²) >= 11 is 0. The molecule has 1 fully saturated rings. The fourth-order valence-corrected chi connectivity index (χ4v) is 2.77. The van der Waals surface area contributed by atoms with Gasteiger partial charge in [0.1, 0.15) is 6.61 Å². The van der Waals surface area contributed by atoms with Crippen molar-refractivity contribution in [2.45, 2.75) is 20.0 Å². The van der Waals surface area contributed by atoms with Crippen LogP contribution in [0.2, 0.25) is 0 Å². The van der Waals surface area contributed by atoms with Crippen LogP contribution in [0.15, 0.2) is 30.3 Å². The van der Waals surface area contributed by atoms with E-state index in [0.29, 0.717) is 13.1 Å². The SMILES string of the molecule is CC(=O)OC[C@@H]1C[C@@H](CO)CN(C(=O)OCc2ccccc2)C1. The van der Waals surface area contributed by atoms with E-state index in [4.69, 9.17) is 9.47 Å². The Kier molecular flexibility index (Phi) is 6.40. The van der Waals surface area contributed by atoms with E-state index < -0.39 is 6.09 Å². The van der Waals surface area contributed by atoms with E-state index in [1.54, 1.807) is 4.90 Å². The zero-order valence-electron chi connectivity index (χ0n) is 13.3. The van der Waals surface area contributed by atoms with Crippen molar-refractivity contribution >= 4 is 12.1 Å². The van der Waals surface area contributed by atoms with Crippen molar-refractivity contribution in [2.75, 3.05) is 26.3 Å². The van der Waals surface area contributed by atoms with Crippen molar-refractivity contribution in [1.82, 2.24) is 4.90 Å². The Morgan fingerprint density at radius 1 is 1.17 bits per heavy atom. The number of esters is 1. The topological polar surface area (TPSA) is 76.1 Å². The van der Waals surface area contributed by atoms with Gasteiger partial charge in [-0.1, -0.05) is 30.3 Å². The highest BCUT2D eigenvalue weighted by Crippen LogP contribution is 2.23. The van der Waals surface area contributed by atoms with Crippen LogP contribution in [0.3, 0.4) is 0 Å². The van der Waals surface area contributed by atoms with E-state index in [1.165, 1.54) is 6.92 Å². The summed E-state index contributed by atoms with van der Waals surface area (Å²) in [4.78, 5) is 24.8. The molecular formula is C17H23NO5. The van der Waals surface area contributed by atoms with Crippen molar-refractivity contribution in [1.29, 1.82) is 0 Å². The van der Waals surface area contributed by atoms with Gasteiger partial charge in [0.15, 0.2) is 0 Å². The number of rotatable bonds is 5. The van der Waals surface area contributed by atoms with Crippen molar-refractivity contribution in [2.24, 2.45) is 11.8 Å². The van der Waals surface area contributed by atoms with Gasteiger partial charge in [-0.05, 0) is 12.0 Å². The number of ether oxygens (including phenoxy) is 2. The molecule has 1 aromatic carbocycles. The number of amides is 1. The van der Waals surface area contributed by atoms with Crippen molar-refractivity contribution < 1.29 is 24.2 Å². The zero-order valence-corrected chi connectivity index (χ0v) is 13.3. The van der Waals surface area contributed by atoms with Gasteiger partial charge in [0, 0.05) is 38.5 Å². The van der Waals surface area contributed by atoms with E-state index in [0.717, 1.165) is 12.0 Å². The van der Waals surface area contributed by atoms with Gasteiger partial charge in [0.2, 0.25) is 0 Å². The van der Waals surface area contributed by atoms with Gasteiger partial charge >= 0.3 is 12.1 Å². The van der Waals surface area contributed by atoms with Crippen molar-refractivity contribution in [3.63, 3.8) is 0 Å². The standard InChI is InChI=1S/C17H23NO5/c1-13(20)22-12-16-7-15(10-19)8-18(9-16)17(21)23-11-14-5-3-2-4-6-14/h2-6,15-16,19H,7-12H2,1H3/t15-,16-/m1/s1. The zero-order chi connectivity index (χ0) is 16.7. The number of likely N-dealkylation sites (tertiary alicyclic amines) is 1. The predicted molar refractivity (Wildman–Crippen MR) is 83.5 cm³/mol. The molecule has 1 N–H and O–H groups in total. The molecule has 1 aromatic rings. The molecule has 1 aliphatic rings. The molecule has 1 aliphatic heterocycles. The molecule has 0 aromatic heterocycles. The number of carbonyl (C=O) groups is 2. The summed E-state index contributed by atoms with van der Waals surface area (Å²) < 4.78 is 10.4. The highest BCUT2D eigenvalue weighted by molar-refractivity contribution is 5.68. The van der Waals surface area contributed by atoms with E-state index in [1.807, 2.05) is 30.3 Å². The Balaban J connectivity index is 1.88. The summed E-state index contributed by atoms with van der Waals surface area (Å²) in [6, 6.07) is 9.47. The minimum absolute atomic E-state index is 0.000956. The first-order valence-corrected chi connectivity index (χ1v) is 7.78. The summed E-state index contributed by atoms with van der Waals surface area (Å²) in [6.07, 6.45) is 0.325. The van der Waals surface area contributed by atoms with Gasteiger partial charge < -0.3 is 19.5 Å². The molecule has 2 rings (SSSR count). The van der Waals surface area contributed by atoms with E-state index in [2.05, 4.69) is 0 Å². The summed E-state index contributed by atoms with van der Waals surface area (Å²) in [5.41, 5.74) is 0.924. The van der Waals surface area contributed by atoms with Gasteiger partial charge in [0.05, 0.1) is 6.61 Å². The third kappa shape index (κ3) is 5.56. The lowest BCUT2D eigenvalue weighted by Crippen LogP contribution is -2.46. The molecule has 6 heteroatoms. The van der Waals surface area contributed by atoms with Gasteiger partial charge in [-0.25, -0.2) is 4.79 Å². The predicted octanol–water partition coefficient (Wildman–Crippen LogP) is 1.82. The minimum atomic E-state index is -0.403. The summed E-state index contributed by atoms with van der Waals surface area (Å²) in [6.45, 7) is 2.76. The average molecular weight is 321 g/mol. The molecule has 6 nitrogen and oxygen atoms in total. The molecule has 126 valence electrons. The minimum Gasteiger partial charge on any atom is -0.466 e. The Labute approximate surface area is 136 Å². The normalized spacial score (nSPS) is 20.9. The molecule has 2 atom stereocenters. The molecule has 23 heavy (non-hydrogen) atoms. The first-order valence-electron chi connectivity index (χ1n) is 7.78. The van der Waals surface area contributed by atoms with Gasteiger partial charge in [0.25, 0.3) is 0 Å². The highest BCUT2D eigenvalue weighted by Gasteiger charge is 2.31. The second-order valence-corrected chi connectivity index (χ2v) is 5.90. The molecule has 0 unspecified atom stereocenters. The first-order chi connectivity index (χ1) is 11.1. The van der Waals surface area contributed by atoms with E-state index >= 15 is 0 Å². The second kappa shape index (κ2) is 8.53. The third-order valence-electron chi connectivity index (χ3n) is 3.87. The number of aliphatic hydroxyl groups is 1. The fourth-order valence-electron chi connectivity index (χ4n) is 2.77. The molecule has 0 spiro atoms. The lowest BCUT2D eigenvalue weighted by Gasteiger charge is -2.36. The van der Waals surface area contributed by atoms with Crippen LogP contribution in [0.5, 0.6) is 0 Å². The summed E-state index contributed by atoms with van der Waals surface area (Å²) in [5.74, 6) is -0.336. The van der Waals surface area contributed by atoms with Crippen LogP contribution in [-0.4, -0.2) is 48.4 Å². The molecule has 0 bridgehead atoms. The highest BCUT2D eigenvalue weighted by atomic mass is 16.6. The second-order valence-electron chi connectivity index (χ2n) is 5.90. The smallest absolute Gasteiger partial charge is 0.410 e. The number of carbonyl (C=O) groups excluding carboxylic acids is 2. The Bertz CT molecular complexity index is 519. The summed E-state index contributed by atoms with van der Waals surface area (Å²) in [5, 5.41) is 9.41.